The number of ether oxygens (including phenoxy) is 1. The monoisotopic (exact) mass is 434 g/mol. The Balaban J connectivity index is 0.00000320. The second kappa shape index (κ2) is 10.8. The summed E-state index contributed by atoms with van der Waals surface area (Å²) >= 11 is 0. The van der Waals surface area contributed by atoms with Gasteiger partial charge in [0.15, 0.2) is 6.61 Å². The molecule has 1 aliphatic heterocycles. The molecule has 1 saturated heterocycles. The average Bonchev–Trinajstić information content (AvgIpc) is 3.22. The second-order valence-electron chi connectivity index (χ2n) is 8.68. The number of hydrogen-bond acceptors (Lipinski definition) is 3. The van der Waals surface area contributed by atoms with Gasteiger partial charge in [0, 0.05) is 6.54 Å². The van der Waals surface area contributed by atoms with E-state index >= 15 is 0 Å². The van der Waals surface area contributed by atoms with Gasteiger partial charge >= 0.3 is 0 Å². The molecule has 2 aromatic carbocycles. The summed E-state index contributed by atoms with van der Waals surface area (Å²) in [5, 5.41) is 3.00. The van der Waals surface area contributed by atoms with Gasteiger partial charge in [-0.15, -0.1) is 12.4 Å². The number of halogens is 2. The van der Waals surface area contributed by atoms with Gasteiger partial charge in [-0.3, -0.25) is 9.69 Å². The number of nitrogens with zero attached hydrogens (tertiary/aromatic N) is 1. The fourth-order valence-corrected chi connectivity index (χ4v) is 3.66. The third kappa shape index (κ3) is 6.71. The van der Waals surface area contributed by atoms with Gasteiger partial charge < -0.3 is 10.1 Å². The first-order valence-electron chi connectivity index (χ1n) is 10.3. The molecule has 6 heteroatoms. The zero-order valence-corrected chi connectivity index (χ0v) is 18.8. The number of carbonyl (C=O) groups is 1. The van der Waals surface area contributed by atoms with Crippen LogP contribution in [0.5, 0.6) is 5.75 Å². The van der Waals surface area contributed by atoms with Crippen molar-refractivity contribution >= 4 is 18.3 Å². The molecule has 1 unspecified atom stereocenters. The van der Waals surface area contributed by atoms with Gasteiger partial charge in [0.1, 0.15) is 11.6 Å². The summed E-state index contributed by atoms with van der Waals surface area (Å²) in [6.07, 6.45) is 2.39. The second-order valence-corrected chi connectivity index (χ2v) is 8.68. The van der Waals surface area contributed by atoms with Gasteiger partial charge in [-0.05, 0) is 66.7 Å². The van der Waals surface area contributed by atoms with Crippen LogP contribution in [0.3, 0.4) is 0 Å². The molecule has 164 valence electrons. The van der Waals surface area contributed by atoms with Crippen LogP contribution < -0.4 is 10.1 Å². The van der Waals surface area contributed by atoms with Crippen LogP contribution in [0.2, 0.25) is 0 Å². The Labute approximate surface area is 185 Å². The molecule has 2 aromatic rings. The Hall–Kier alpha value is -2.11. The molecule has 0 bridgehead atoms. The largest absolute Gasteiger partial charge is 0.484 e. The third-order valence-electron chi connectivity index (χ3n) is 5.42. The van der Waals surface area contributed by atoms with Crippen molar-refractivity contribution in [3.63, 3.8) is 0 Å². The van der Waals surface area contributed by atoms with Gasteiger partial charge in [-0.1, -0.05) is 45.0 Å². The van der Waals surface area contributed by atoms with Gasteiger partial charge in [0.2, 0.25) is 0 Å². The average molecular weight is 435 g/mol. The molecule has 0 aliphatic carbocycles. The van der Waals surface area contributed by atoms with E-state index in [9.17, 15) is 9.18 Å². The lowest BCUT2D eigenvalue weighted by atomic mass is 9.86. The predicted molar refractivity (Wildman–Crippen MR) is 121 cm³/mol. The smallest absolute Gasteiger partial charge is 0.258 e. The summed E-state index contributed by atoms with van der Waals surface area (Å²) in [5.74, 6) is -0.0204. The Kier molecular flexibility index (Phi) is 8.68. The molecule has 1 heterocycles. The van der Waals surface area contributed by atoms with E-state index in [0.717, 1.165) is 13.1 Å². The summed E-state index contributed by atoms with van der Waals surface area (Å²) in [6, 6.07) is 14.6. The fraction of sp³-hybridized carbons (Fsp3) is 0.458. The van der Waals surface area contributed by atoms with Crippen molar-refractivity contribution in [2.75, 3.05) is 26.2 Å². The van der Waals surface area contributed by atoms with E-state index in [2.05, 4.69) is 55.3 Å². The van der Waals surface area contributed by atoms with E-state index in [1.807, 2.05) is 0 Å². The Bertz CT molecular complexity index is 797. The lowest BCUT2D eigenvalue weighted by molar-refractivity contribution is -0.123. The molecule has 1 atom stereocenters. The van der Waals surface area contributed by atoms with E-state index in [1.165, 1.54) is 48.2 Å². The molecule has 1 N–H and O–H groups in total. The molecule has 1 aliphatic rings. The highest BCUT2D eigenvalue weighted by Gasteiger charge is 2.24. The molecule has 1 amide bonds. The van der Waals surface area contributed by atoms with Gasteiger partial charge in [-0.25, -0.2) is 4.39 Å². The normalized spacial score (nSPS) is 15.3. The molecule has 4 nitrogen and oxygen atoms in total. The number of rotatable bonds is 7. The SMILES string of the molecule is CC(C)(C)c1ccc(C(CNC(=O)COc2ccc(F)cc2)N2CCCC2)cc1.Cl. The molecular weight excluding hydrogens is 403 g/mol. The zero-order chi connectivity index (χ0) is 20.9. The van der Waals surface area contributed by atoms with Crippen LogP contribution in [-0.2, 0) is 10.2 Å². The molecule has 0 radical (unpaired) electrons. The van der Waals surface area contributed by atoms with E-state index in [4.69, 9.17) is 4.74 Å². The van der Waals surface area contributed by atoms with Crippen LogP contribution in [0.15, 0.2) is 48.5 Å². The first kappa shape index (κ1) is 24.2. The minimum atomic E-state index is -0.326. The lowest BCUT2D eigenvalue weighted by Gasteiger charge is -2.29. The lowest BCUT2D eigenvalue weighted by Crippen LogP contribution is -2.38. The summed E-state index contributed by atoms with van der Waals surface area (Å²) in [5.41, 5.74) is 2.64. The van der Waals surface area contributed by atoms with E-state index < -0.39 is 0 Å². The number of hydrogen-bond donors (Lipinski definition) is 1. The summed E-state index contributed by atoms with van der Waals surface area (Å²) in [4.78, 5) is 14.7. The predicted octanol–water partition coefficient (Wildman–Crippen LogP) is 4.88. The third-order valence-corrected chi connectivity index (χ3v) is 5.42. The number of likely N-dealkylation sites (tertiary alicyclic amines) is 1. The molecular formula is C24H32ClFN2O2. The number of carbonyl (C=O) groups excluding carboxylic acids is 1. The Morgan fingerprint density at radius 3 is 2.23 bits per heavy atom. The standard InChI is InChI=1S/C24H31FN2O2.ClH/c1-24(2,3)19-8-6-18(7-9-19)22(27-14-4-5-15-27)16-26-23(28)17-29-21-12-10-20(25)11-13-21;/h6-13,22H,4-5,14-17H2,1-3H3,(H,26,28);1H. The van der Waals surface area contributed by atoms with Crippen molar-refractivity contribution < 1.29 is 13.9 Å². The van der Waals surface area contributed by atoms with Crippen LogP contribution in [0.25, 0.3) is 0 Å². The Morgan fingerprint density at radius 2 is 1.67 bits per heavy atom. The minimum absolute atomic E-state index is 0. The molecule has 3 rings (SSSR count). The first-order valence-corrected chi connectivity index (χ1v) is 10.3. The fourth-order valence-electron chi connectivity index (χ4n) is 3.66. The van der Waals surface area contributed by atoms with Gasteiger partial charge in [0.05, 0.1) is 6.04 Å². The summed E-state index contributed by atoms with van der Waals surface area (Å²) in [6.45, 7) is 9.19. The van der Waals surface area contributed by atoms with E-state index in [0.29, 0.717) is 12.3 Å². The van der Waals surface area contributed by atoms with Crippen molar-refractivity contribution in [2.45, 2.75) is 45.1 Å². The maximum atomic E-state index is 13.0. The van der Waals surface area contributed by atoms with Crippen molar-refractivity contribution in [1.82, 2.24) is 10.2 Å². The van der Waals surface area contributed by atoms with Crippen molar-refractivity contribution in [1.29, 1.82) is 0 Å². The topological polar surface area (TPSA) is 41.6 Å². The first-order chi connectivity index (χ1) is 13.8. The maximum Gasteiger partial charge on any atom is 0.258 e. The molecule has 1 fully saturated rings. The van der Waals surface area contributed by atoms with Crippen molar-refractivity contribution in [2.24, 2.45) is 0 Å². The number of nitrogens with one attached hydrogen (secondary N) is 1. The molecule has 0 spiro atoms. The van der Waals surface area contributed by atoms with Crippen LogP contribution in [0.1, 0.15) is 50.8 Å². The molecule has 0 aromatic heterocycles. The van der Waals surface area contributed by atoms with E-state index in [1.54, 1.807) is 0 Å². The van der Waals surface area contributed by atoms with Crippen molar-refractivity contribution in [3.05, 3.63) is 65.5 Å². The summed E-state index contributed by atoms with van der Waals surface area (Å²) in [7, 11) is 0. The zero-order valence-electron chi connectivity index (χ0n) is 18.0. The van der Waals surface area contributed by atoms with E-state index in [-0.39, 0.29) is 42.2 Å². The van der Waals surface area contributed by atoms with Gasteiger partial charge in [0.25, 0.3) is 5.91 Å². The van der Waals surface area contributed by atoms with Crippen LogP contribution >= 0.6 is 12.4 Å². The Morgan fingerprint density at radius 1 is 1.07 bits per heavy atom. The van der Waals surface area contributed by atoms with Crippen LogP contribution in [0, 0.1) is 5.82 Å². The quantitative estimate of drug-likeness (QED) is 0.675. The minimum Gasteiger partial charge on any atom is -0.484 e. The maximum absolute atomic E-state index is 13.0. The molecule has 30 heavy (non-hydrogen) atoms. The summed E-state index contributed by atoms with van der Waals surface area (Å²) < 4.78 is 18.4. The van der Waals surface area contributed by atoms with Crippen molar-refractivity contribution in [3.8, 4) is 5.75 Å². The number of benzene rings is 2. The highest BCUT2D eigenvalue weighted by Crippen LogP contribution is 2.28. The van der Waals surface area contributed by atoms with Crippen LogP contribution in [0.4, 0.5) is 4.39 Å². The number of amides is 1. The van der Waals surface area contributed by atoms with Crippen LogP contribution in [-0.4, -0.2) is 37.0 Å². The van der Waals surface area contributed by atoms with Gasteiger partial charge in [-0.2, -0.15) is 0 Å². The highest BCUT2D eigenvalue weighted by atomic mass is 35.5. The molecule has 0 saturated carbocycles. The highest BCUT2D eigenvalue weighted by molar-refractivity contribution is 5.85.